The van der Waals surface area contributed by atoms with E-state index in [2.05, 4.69) is 10.4 Å². The summed E-state index contributed by atoms with van der Waals surface area (Å²) < 4.78 is 21.7. The number of piperidine rings is 1. The summed E-state index contributed by atoms with van der Waals surface area (Å²) in [5.41, 5.74) is 2.93. The van der Waals surface area contributed by atoms with Gasteiger partial charge in [0.1, 0.15) is 17.7 Å². The first-order valence-corrected chi connectivity index (χ1v) is 9.13. The molecule has 0 radical (unpaired) electrons. The number of nitrogens with one attached hydrogen (secondary N) is 1. The van der Waals surface area contributed by atoms with Crippen LogP contribution in [0.25, 0.3) is 5.52 Å². The highest BCUT2D eigenvalue weighted by Crippen LogP contribution is 2.27. The maximum Gasteiger partial charge on any atom is 0.257 e. The zero-order chi connectivity index (χ0) is 18.4. The molecule has 1 N–H and O–H groups in total. The van der Waals surface area contributed by atoms with Gasteiger partial charge in [0.15, 0.2) is 0 Å². The van der Waals surface area contributed by atoms with Crippen molar-refractivity contribution in [3.63, 3.8) is 0 Å². The number of hydrogen-bond donors (Lipinski definition) is 1. The standard InChI is InChI=1S/C20H19FN4O2/c21-14-3-4-19-13(8-14)10-22-15-5-7-25-18(9-15)17(11-23-25)20(26)24-6-1-2-16(12-24)27-19/h3-5,7-9,11,16,22H,1-2,6,10,12H2/t16-/m1/s1. The number of pyridine rings is 1. The summed E-state index contributed by atoms with van der Waals surface area (Å²) in [4.78, 5) is 14.9. The molecule has 5 rings (SSSR count). The van der Waals surface area contributed by atoms with E-state index in [1.54, 1.807) is 16.8 Å². The largest absolute Gasteiger partial charge is 0.488 e. The average Bonchev–Trinajstić information content (AvgIpc) is 3.10. The zero-order valence-corrected chi connectivity index (χ0v) is 14.7. The molecule has 2 aliphatic rings. The number of amides is 1. The second-order valence-electron chi connectivity index (χ2n) is 7.04. The highest BCUT2D eigenvalue weighted by Gasteiger charge is 2.28. The minimum absolute atomic E-state index is 0.0333. The van der Waals surface area contributed by atoms with Gasteiger partial charge in [0.05, 0.1) is 23.8 Å². The summed E-state index contributed by atoms with van der Waals surface area (Å²) in [5.74, 6) is 0.331. The molecule has 0 aliphatic carbocycles. The lowest BCUT2D eigenvalue weighted by atomic mass is 10.1. The van der Waals surface area contributed by atoms with Gasteiger partial charge in [-0.05, 0) is 43.2 Å². The quantitative estimate of drug-likeness (QED) is 0.664. The van der Waals surface area contributed by atoms with Crippen molar-refractivity contribution in [3.05, 3.63) is 59.7 Å². The van der Waals surface area contributed by atoms with Gasteiger partial charge in [-0.15, -0.1) is 0 Å². The SMILES string of the molecule is O=C1c2cnn3ccc(cc23)NCc2cc(F)ccc2O[C@@H]2CCCN1C2. The van der Waals surface area contributed by atoms with Crippen molar-refractivity contribution in [2.24, 2.45) is 0 Å². The molecule has 138 valence electrons. The molecule has 6 nitrogen and oxygen atoms in total. The average molecular weight is 366 g/mol. The van der Waals surface area contributed by atoms with Gasteiger partial charge in [-0.2, -0.15) is 5.10 Å². The first kappa shape index (κ1) is 16.1. The van der Waals surface area contributed by atoms with Crippen LogP contribution in [0.1, 0.15) is 28.8 Å². The molecule has 1 fully saturated rings. The molecule has 0 unspecified atom stereocenters. The van der Waals surface area contributed by atoms with Gasteiger partial charge in [-0.3, -0.25) is 4.79 Å². The fourth-order valence-corrected chi connectivity index (χ4v) is 3.82. The Hall–Kier alpha value is -3.09. The Kier molecular flexibility index (Phi) is 3.74. The Labute approximate surface area is 155 Å². The fourth-order valence-electron chi connectivity index (χ4n) is 3.82. The van der Waals surface area contributed by atoms with E-state index in [4.69, 9.17) is 4.74 Å². The predicted molar refractivity (Wildman–Crippen MR) is 98.5 cm³/mol. The van der Waals surface area contributed by atoms with Gasteiger partial charge in [-0.25, -0.2) is 8.91 Å². The maximum atomic E-state index is 13.8. The van der Waals surface area contributed by atoms with Crippen molar-refractivity contribution < 1.29 is 13.9 Å². The molecule has 0 saturated carbocycles. The third-order valence-electron chi connectivity index (χ3n) is 5.22. The summed E-state index contributed by atoms with van der Waals surface area (Å²) in [5, 5.41) is 7.60. The molecule has 4 heterocycles. The van der Waals surface area contributed by atoms with E-state index in [9.17, 15) is 9.18 Å². The Bertz CT molecular complexity index is 1030. The van der Waals surface area contributed by atoms with Crippen molar-refractivity contribution in [3.8, 4) is 5.75 Å². The van der Waals surface area contributed by atoms with Crippen LogP contribution in [-0.2, 0) is 6.54 Å². The van der Waals surface area contributed by atoms with Crippen LogP contribution in [0.5, 0.6) is 5.75 Å². The smallest absolute Gasteiger partial charge is 0.257 e. The molecule has 2 aromatic heterocycles. The molecule has 3 aromatic rings. The molecule has 1 saturated heterocycles. The summed E-state index contributed by atoms with van der Waals surface area (Å²) in [6, 6.07) is 8.36. The van der Waals surface area contributed by atoms with Crippen LogP contribution in [0.3, 0.4) is 0 Å². The third kappa shape index (κ3) is 2.89. The van der Waals surface area contributed by atoms with E-state index in [1.807, 2.05) is 23.2 Å². The lowest BCUT2D eigenvalue weighted by Gasteiger charge is -2.33. The minimum atomic E-state index is -0.294. The normalized spacial score (nSPS) is 19.5. The third-order valence-corrected chi connectivity index (χ3v) is 5.22. The molecule has 1 amide bonds. The Morgan fingerprint density at radius 2 is 2.19 bits per heavy atom. The second-order valence-corrected chi connectivity index (χ2v) is 7.04. The maximum absolute atomic E-state index is 13.8. The number of fused-ring (bicyclic) bond motifs is 4. The number of aromatic nitrogens is 2. The van der Waals surface area contributed by atoms with Gasteiger partial charge < -0.3 is 15.0 Å². The molecule has 1 atom stereocenters. The van der Waals surface area contributed by atoms with Crippen LogP contribution >= 0.6 is 0 Å². The van der Waals surface area contributed by atoms with Crippen LogP contribution in [0.15, 0.2) is 42.7 Å². The highest BCUT2D eigenvalue weighted by molar-refractivity contribution is 6.01. The summed E-state index contributed by atoms with van der Waals surface area (Å²) in [7, 11) is 0. The molecular formula is C20H19FN4O2. The fraction of sp³-hybridized carbons (Fsp3) is 0.300. The first-order valence-electron chi connectivity index (χ1n) is 9.13. The molecule has 4 bridgehead atoms. The Morgan fingerprint density at radius 3 is 3.11 bits per heavy atom. The predicted octanol–water partition coefficient (Wildman–Crippen LogP) is 3.08. The Balaban J connectivity index is 1.62. The zero-order valence-electron chi connectivity index (χ0n) is 14.7. The van der Waals surface area contributed by atoms with Crippen molar-refractivity contribution in [2.75, 3.05) is 18.4 Å². The van der Waals surface area contributed by atoms with E-state index in [-0.39, 0.29) is 17.8 Å². The van der Waals surface area contributed by atoms with E-state index in [0.717, 1.165) is 29.6 Å². The molecule has 7 heteroatoms. The number of nitrogens with zero attached hydrogens (tertiary/aromatic N) is 3. The van der Waals surface area contributed by atoms with Gasteiger partial charge in [0.25, 0.3) is 5.91 Å². The number of carbonyl (C=O) groups is 1. The van der Waals surface area contributed by atoms with Gasteiger partial charge in [0.2, 0.25) is 0 Å². The summed E-state index contributed by atoms with van der Waals surface area (Å²) >= 11 is 0. The number of anilines is 1. The minimum Gasteiger partial charge on any atom is -0.488 e. The lowest BCUT2D eigenvalue weighted by Crippen LogP contribution is -2.44. The molecule has 27 heavy (non-hydrogen) atoms. The number of halogens is 1. The van der Waals surface area contributed by atoms with Crippen LogP contribution in [0.4, 0.5) is 10.1 Å². The first-order chi connectivity index (χ1) is 13.2. The number of rotatable bonds is 0. The van der Waals surface area contributed by atoms with Crippen LogP contribution in [0, 0.1) is 5.82 Å². The lowest BCUT2D eigenvalue weighted by molar-refractivity contribution is 0.0538. The van der Waals surface area contributed by atoms with Gasteiger partial charge in [0, 0.05) is 30.5 Å². The number of benzene rings is 1. The Morgan fingerprint density at radius 1 is 1.26 bits per heavy atom. The van der Waals surface area contributed by atoms with E-state index >= 15 is 0 Å². The van der Waals surface area contributed by atoms with Crippen molar-refractivity contribution in [1.29, 1.82) is 0 Å². The van der Waals surface area contributed by atoms with E-state index in [0.29, 0.717) is 30.9 Å². The second kappa shape index (κ2) is 6.26. The molecule has 1 aromatic carbocycles. The van der Waals surface area contributed by atoms with Gasteiger partial charge in [-0.1, -0.05) is 0 Å². The monoisotopic (exact) mass is 366 g/mol. The molecule has 0 spiro atoms. The van der Waals surface area contributed by atoms with Crippen LogP contribution < -0.4 is 10.1 Å². The van der Waals surface area contributed by atoms with Crippen molar-refractivity contribution >= 4 is 17.1 Å². The van der Waals surface area contributed by atoms with Gasteiger partial charge >= 0.3 is 0 Å². The van der Waals surface area contributed by atoms with Crippen molar-refractivity contribution in [2.45, 2.75) is 25.5 Å². The van der Waals surface area contributed by atoms with E-state index in [1.165, 1.54) is 12.1 Å². The van der Waals surface area contributed by atoms with Crippen molar-refractivity contribution in [1.82, 2.24) is 14.5 Å². The topological polar surface area (TPSA) is 58.9 Å². The van der Waals surface area contributed by atoms with E-state index < -0.39 is 0 Å². The summed E-state index contributed by atoms with van der Waals surface area (Å²) in [6.07, 6.45) is 5.06. The van der Waals surface area contributed by atoms with Crippen LogP contribution in [-0.4, -0.2) is 39.6 Å². The number of carbonyl (C=O) groups excluding carboxylic acids is 1. The summed E-state index contributed by atoms with van der Waals surface area (Å²) in [6.45, 7) is 1.64. The number of hydrogen-bond acceptors (Lipinski definition) is 4. The highest BCUT2D eigenvalue weighted by atomic mass is 19.1. The molecular weight excluding hydrogens is 347 g/mol. The number of ether oxygens (including phenoxy) is 1. The molecule has 2 aliphatic heterocycles. The van der Waals surface area contributed by atoms with Crippen LogP contribution in [0.2, 0.25) is 0 Å².